The summed E-state index contributed by atoms with van der Waals surface area (Å²) in [5.41, 5.74) is 1.04. The fraction of sp³-hybridized carbons (Fsp3) is 0.0588. The molecule has 0 aliphatic carbocycles. The fourth-order valence-corrected chi connectivity index (χ4v) is 2.82. The van der Waals surface area contributed by atoms with Gasteiger partial charge < -0.3 is 4.74 Å². The number of benzene rings is 2. The van der Waals surface area contributed by atoms with Crippen molar-refractivity contribution in [2.75, 3.05) is 0 Å². The first kappa shape index (κ1) is 15.7. The van der Waals surface area contributed by atoms with Crippen molar-refractivity contribution in [2.45, 2.75) is 6.36 Å². The Balaban J connectivity index is 1.86. The van der Waals surface area contributed by atoms with Crippen molar-refractivity contribution in [1.82, 2.24) is 14.8 Å². The lowest BCUT2D eigenvalue weighted by molar-refractivity contribution is -0.274. The van der Waals surface area contributed by atoms with Gasteiger partial charge in [0.25, 0.3) is 0 Å². The summed E-state index contributed by atoms with van der Waals surface area (Å²) in [7, 11) is 0. The molecule has 0 atom stereocenters. The Bertz CT molecular complexity index is 1090. The van der Waals surface area contributed by atoms with Crippen molar-refractivity contribution in [2.24, 2.45) is 0 Å². The zero-order valence-corrected chi connectivity index (χ0v) is 13.2. The highest BCUT2D eigenvalue weighted by Gasteiger charge is 2.31. The molecular formula is C17H9ClF3N3O. The minimum Gasteiger partial charge on any atom is -0.406 e. The van der Waals surface area contributed by atoms with Crippen LogP contribution in [0, 0.1) is 0 Å². The molecule has 0 amide bonds. The van der Waals surface area contributed by atoms with Gasteiger partial charge in [0.1, 0.15) is 5.75 Å². The molecule has 4 nitrogen and oxygen atoms in total. The molecule has 0 aliphatic heterocycles. The molecule has 2 heterocycles. The van der Waals surface area contributed by atoms with Gasteiger partial charge in [0.2, 0.25) is 0 Å². The molecule has 2 aromatic heterocycles. The Labute approximate surface area is 144 Å². The Morgan fingerprint density at radius 1 is 1.00 bits per heavy atom. The quantitative estimate of drug-likeness (QED) is 0.496. The summed E-state index contributed by atoms with van der Waals surface area (Å²) in [6.07, 6.45) is -3.21. The van der Waals surface area contributed by atoms with E-state index in [2.05, 4.69) is 14.8 Å². The van der Waals surface area contributed by atoms with Crippen LogP contribution in [0.15, 0.2) is 54.7 Å². The van der Waals surface area contributed by atoms with Gasteiger partial charge in [0.05, 0.1) is 22.3 Å². The number of para-hydroxylation sites is 1. The first-order chi connectivity index (χ1) is 11.9. The Hall–Kier alpha value is -2.80. The van der Waals surface area contributed by atoms with E-state index in [9.17, 15) is 13.2 Å². The summed E-state index contributed by atoms with van der Waals surface area (Å²) >= 11 is 6.17. The molecule has 0 fully saturated rings. The minimum atomic E-state index is -4.76. The van der Waals surface area contributed by atoms with Crippen molar-refractivity contribution in [3.05, 3.63) is 59.8 Å². The lowest BCUT2D eigenvalue weighted by Crippen LogP contribution is -2.17. The van der Waals surface area contributed by atoms with E-state index >= 15 is 0 Å². The van der Waals surface area contributed by atoms with Crippen LogP contribution >= 0.6 is 11.6 Å². The summed E-state index contributed by atoms with van der Waals surface area (Å²) in [5, 5.41) is 6.22. The molecule has 0 saturated carbocycles. The van der Waals surface area contributed by atoms with E-state index in [1.165, 1.54) is 22.9 Å². The predicted octanol–water partition coefficient (Wildman–Crippen LogP) is 5.13. The maximum Gasteiger partial charge on any atom is 0.573 e. The molecule has 0 spiro atoms. The van der Waals surface area contributed by atoms with E-state index in [0.717, 1.165) is 5.39 Å². The zero-order valence-electron chi connectivity index (χ0n) is 12.5. The molecule has 126 valence electrons. The zero-order chi connectivity index (χ0) is 17.6. The third-order valence-electron chi connectivity index (χ3n) is 3.65. The third kappa shape index (κ3) is 2.98. The van der Waals surface area contributed by atoms with Gasteiger partial charge in [-0.15, -0.1) is 13.2 Å². The molecular weight excluding hydrogens is 355 g/mol. The standard InChI is InChI=1S/C17H9ClF3N3O/c18-13-3-1-2-10-5-7-15(23-16(10)13)24-14-8-12(25-17(19,20)21)6-4-11(14)9-22-24/h1-9H. The summed E-state index contributed by atoms with van der Waals surface area (Å²) in [6.45, 7) is 0. The van der Waals surface area contributed by atoms with Crippen LogP contribution < -0.4 is 4.74 Å². The average Bonchev–Trinajstić information content (AvgIpc) is 2.97. The van der Waals surface area contributed by atoms with Gasteiger partial charge in [0, 0.05) is 16.8 Å². The molecule has 0 bridgehead atoms. The summed E-state index contributed by atoms with van der Waals surface area (Å²) in [4.78, 5) is 4.48. The smallest absolute Gasteiger partial charge is 0.406 e. The second-order valence-corrected chi connectivity index (χ2v) is 5.71. The molecule has 2 aromatic carbocycles. The van der Waals surface area contributed by atoms with E-state index in [1.54, 1.807) is 18.3 Å². The fourth-order valence-electron chi connectivity index (χ4n) is 2.60. The first-order valence-corrected chi connectivity index (χ1v) is 7.58. The van der Waals surface area contributed by atoms with Crippen LogP contribution in [0.1, 0.15) is 0 Å². The van der Waals surface area contributed by atoms with Gasteiger partial charge in [0.15, 0.2) is 5.82 Å². The number of alkyl halides is 3. The Morgan fingerprint density at radius 3 is 2.60 bits per heavy atom. The van der Waals surface area contributed by atoms with Crippen molar-refractivity contribution in [1.29, 1.82) is 0 Å². The number of rotatable bonds is 2. The molecule has 0 N–H and O–H groups in total. The molecule has 25 heavy (non-hydrogen) atoms. The van der Waals surface area contributed by atoms with Crippen molar-refractivity contribution >= 4 is 33.4 Å². The Morgan fingerprint density at radius 2 is 1.80 bits per heavy atom. The maximum absolute atomic E-state index is 12.4. The van der Waals surface area contributed by atoms with Crippen molar-refractivity contribution < 1.29 is 17.9 Å². The molecule has 8 heteroatoms. The van der Waals surface area contributed by atoms with Crippen LogP contribution in [0.3, 0.4) is 0 Å². The monoisotopic (exact) mass is 363 g/mol. The van der Waals surface area contributed by atoms with Gasteiger partial charge in [-0.05, 0) is 30.3 Å². The maximum atomic E-state index is 12.4. The highest BCUT2D eigenvalue weighted by molar-refractivity contribution is 6.35. The van der Waals surface area contributed by atoms with Gasteiger partial charge >= 0.3 is 6.36 Å². The number of nitrogens with zero attached hydrogens (tertiary/aromatic N) is 3. The van der Waals surface area contributed by atoms with E-state index in [0.29, 0.717) is 27.3 Å². The van der Waals surface area contributed by atoms with E-state index in [4.69, 9.17) is 11.6 Å². The van der Waals surface area contributed by atoms with Gasteiger partial charge in [-0.3, -0.25) is 0 Å². The van der Waals surface area contributed by atoms with Crippen LogP contribution in [0.25, 0.3) is 27.6 Å². The molecule has 0 saturated heterocycles. The lowest BCUT2D eigenvalue weighted by Gasteiger charge is -2.09. The Kier molecular flexibility index (Phi) is 3.54. The van der Waals surface area contributed by atoms with Crippen LogP contribution in [-0.2, 0) is 0 Å². The molecule has 0 aliphatic rings. The van der Waals surface area contributed by atoms with Gasteiger partial charge in [-0.1, -0.05) is 23.7 Å². The highest BCUT2D eigenvalue weighted by atomic mass is 35.5. The van der Waals surface area contributed by atoms with Crippen molar-refractivity contribution in [3.63, 3.8) is 0 Å². The summed E-state index contributed by atoms with van der Waals surface area (Å²) < 4.78 is 42.7. The normalized spacial score (nSPS) is 12.0. The predicted molar refractivity (Wildman–Crippen MR) is 88.1 cm³/mol. The van der Waals surface area contributed by atoms with Crippen LogP contribution in [0.4, 0.5) is 13.2 Å². The number of hydrogen-bond acceptors (Lipinski definition) is 3. The van der Waals surface area contributed by atoms with Crippen LogP contribution in [0.2, 0.25) is 5.02 Å². The summed E-state index contributed by atoms with van der Waals surface area (Å²) in [6, 6.07) is 13.0. The van der Waals surface area contributed by atoms with Crippen LogP contribution in [-0.4, -0.2) is 21.1 Å². The average molecular weight is 364 g/mol. The topological polar surface area (TPSA) is 39.9 Å². The van der Waals surface area contributed by atoms with E-state index in [1.807, 2.05) is 18.2 Å². The number of fused-ring (bicyclic) bond motifs is 2. The SMILES string of the molecule is FC(F)(F)Oc1ccc2cnn(-c3ccc4cccc(Cl)c4n3)c2c1. The second kappa shape index (κ2) is 5.63. The van der Waals surface area contributed by atoms with Gasteiger partial charge in [-0.25, -0.2) is 9.67 Å². The number of halogens is 4. The van der Waals surface area contributed by atoms with Crippen molar-refractivity contribution in [3.8, 4) is 11.6 Å². The summed E-state index contributed by atoms with van der Waals surface area (Å²) in [5.74, 6) is 0.125. The number of aromatic nitrogens is 3. The highest BCUT2D eigenvalue weighted by Crippen LogP contribution is 2.28. The third-order valence-corrected chi connectivity index (χ3v) is 3.95. The molecule has 4 rings (SSSR count). The number of pyridine rings is 1. The second-order valence-electron chi connectivity index (χ2n) is 5.31. The first-order valence-electron chi connectivity index (χ1n) is 7.20. The minimum absolute atomic E-state index is 0.319. The largest absolute Gasteiger partial charge is 0.573 e. The van der Waals surface area contributed by atoms with E-state index in [-0.39, 0.29) is 5.75 Å². The lowest BCUT2D eigenvalue weighted by atomic mass is 10.2. The molecule has 0 unspecified atom stereocenters. The molecule has 4 aromatic rings. The molecule has 0 radical (unpaired) electrons. The van der Waals surface area contributed by atoms with E-state index < -0.39 is 6.36 Å². The van der Waals surface area contributed by atoms with Crippen LogP contribution in [0.5, 0.6) is 5.75 Å². The number of ether oxygens (including phenoxy) is 1. The number of hydrogen-bond donors (Lipinski definition) is 0. The van der Waals surface area contributed by atoms with Gasteiger partial charge in [-0.2, -0.15) is 5.10 Å².